The molecular weight excluding hydrogens is 308 g/mol. The smallest absolute Gasteiger partial charge is 0.236 e. The van der Waals surface area contributed by atoms with Crippen molar-refractivity contribution in [2.75, 3.05) is 18.8 Å². The Morgan fingerprint density at radius 1 is 1.60 bits per heavy atom. The molecule has 0 spiro atoms. The van der Waals surface area contributed by atoms with Gasteiger partial charge in [-0.1, -0.05) is 29.6 Å². The second kappa shape index (κ2) is 6.54. The van der Waals surface area contributed by atoms with Crippen molar-refractivity contribution in [1.82, 2.24) is 4.90 Å². The topological polar surface area (TPSA) is 32.7 Å². The summed E-state index contributed by atoms with van der Waals surface area (Å²) in [4.78, 5) is 20.5. The maximum Gasteiger partial charge on any atom is 0.236 e. The van der Waals surface area contributed by atoms with E-state index in [-0.39, 0.29) is 11.2 Å². The highest BCUT2D eigenvalue weighted by molar-refractivity contribution is 8.39. The highest BCUT2D eigenvalue weighted by atomic mass is 32.2. The maximum atomic E-state index is 12.7. The summed E-state index contributed by atoms with van der Waals surface area (Å²) >= 11 is 5.16. The van der Waals surface area contributed by atoms with E-state index in [0.29, 0.717) is 6.04 Å². The molecule has 2 unspecified atom stereocenters. The van der Waals surface area contributed by atoms with Crippen molar-refractivity contribution in [3.05, 3.63) is 22.4 Å². The lowest BCUT2D eigenvalue weighted by atomic mass is 10.2. The third-order valence-electron chi connectivity index (χ3n) is 3.59. The summed E-state index contributed by atoms with van der Waals surface area (Å²) in [5.41, 5.74) is 0. The highest BCUT2D eigenvalue weighted by Crippen LogP contribution is 2.36. The summed E-state index contributed by atoms with van der Waals surface area (Å²) in [6.07, 6.45) is 2.21. The number of nitrogens with zero attached hydrogens (tertiary/aromatic N) is 2. The SMILES string of the molecule is CC(SC1=NCCS1)C(=O)N1CCCC1c1cccs1. The summed E-state index contributed by atoms with van der Waals surface area (Å²) in [6.45, 7) is 3.81. The molecule has 0 aromatic carbocycles. The Morgan fingerprint density at radius 2 is 2.50 bits per heavy atom. The molecule has 6 heteroatoms. The van der Waals surface area contributed by atoms with Gasteiger partial charge >= 0.3 is 0 Å². The van der Waals surface area contributed by atoms with Crippen LogP contribution in [0.2, 0.25) is 0 Å². The van der Waals surface area contributed by atoms with E-state index in [1.54, 1.807) is 34.9 Å². The van der Waals surface area contributed by atoms with Crippen LogP contribution >= 0.6 is 34.9 Å². The van der Waals surface area contributed by atoms with Crippen LogP contribution in [0.1, 0.15) is 30.7 Å². The van der Waals surface area contributed by atoms with Gasteiger partial charge in [0.2, 0.25) is 5.91 Å². The van der Waals surface area contributed by atoms with Gasteiger partial charge in [0.25, 0.3) is 0 Å². The normalized spacial score (nSPS) is 23.9. The van der Waals surface area contributed by atoms with E-state index in [4.69, 9.17) is 0 Å². The summed E-state index contributed by atoms with van der Waals surface area (Å²) < 4.78 is 1.08. The van der Waals surface area contributed by atoms with Gasteiger partial charge in [-0.3, -0.25) is 9.79 Å². The molecule has 1 aromatic rings. The third kappa shape index (κ3) is 3.07. The summed E-state index contributed by atoms with van der Waals surface area (Å²) in [6, 6.07) is 4.52. The van der Waals surface area contributed by atoms with Crippen molar-refractivity contribution >= 4 is 45.1 Å². The Balaban J connectivity index is 1.66. The van der Waals surface area contributed by atoms with Crippen molar-refractivity contribution in [2.45, 2.75) is 31.1 Å². The van der Waals surface area contributed by atoms with Crippen molar-refractivity contribution < 1.29 is 4.79 Å². The highest BCUT2D eigenvalue weighted by Gasteiger charge is 2.33. The summed E-state index contributed by atoms with van der Waals surface area (Å²) in [7, 11) is 0. The zero-order valence-corrected chi connectivity index (χ0v) is 13.9. The molecule has 108 valence electrons. The number of amides is 1. The molecule has 0 aliphatic carbocycles. The van der Waals surface area contributed by atoms with Crippen LogP contribution < -0.4 is 0 Å². The van der Waals surface area contributed by atoms with Crippen molar-refractivity contribution in [1.29, 1.82) is 0 Å². The van der Waals surface area contributed by atoms with Gasteiger partial charge in [0.1, 0.15) is 4.38 Å². The fourth-order valence-corrected chi connectivity index (χ4v) is 5.70. The first-order valence-electron chi connectivity index (χ1n) is 6.93. The Hall–Kier alpha value is -0.460. The van der Waals surface area contributed by atoms with Crippen molar-refractivity contribution in [3.8, 4) is 0 Å². The number of carbonyl (C=O) groups is 1. The molecule has 0 radical (unpaired) electrons. The number of likely N-dealkylation sites (tertiary alicyclic amines) is 1. The maximum absolute atomic E-state index is 12.7. The number of hydrogen-bond donors (Lipinski definition) is 0. The van der Waals surface area contributed by atoms with Crippen LogP contribution in [0, 0.1) is 0 Å². The van der Waals surface area contributed by atoms with E-state index in [2.05, 4.69) is 27.4 Å². The number of thiophene rings is 1. The molecule has 3 rings (SSSR count). The van der Waals surface area contributed by atoms with E-state index >= 15 is 0 Å². The van der Waals surface area contributed by atoms with Gasteiger partial charge in [0.15, 0.2) is 0 Å². The molecule has 2 aliphatic heterocycles. The van der Waals surface area contributed by atoms with Crippen LogP contribution in [0.4, 0.5) is 0 Å². The lowest BCUT2D eigenvalue weighted by molar-refractivity contribution is -0.131. The lowest BCUT2D eigenvalue weighted by Gasteiger charge is -2.26. The second-order valence-electron chi connectivity index (χ2n) is 4.96. The number of rotatable bonds is 3. The minimum atomic E-state index is -0.0279. The van der Waals surface area contributed by atoms with E-state index in [0.717, 1.165) is 36.1 Å². The summed E-state index contributed by atoms with van der Waals surface area (Å²) in [5.74, 6) is 1.33. The average Bonchev–Trinajstić information content (AvgIpc) is 3.18. The van der Waals surface area contributed by atoms with Crippen LogP contribution in [-0.2, 0) is 4.79 Å². The van der Waals surface area contributed by atoms with Gasteiger partial charge in [-0.15, -0.1) is 11.3 Å². The van der Waals surface area contributed by atoms with E-state index < -0.39 is 0 Å². The van der Waals surface area contributed by atoms with E-state index in [1.807, 2.05) is 6.92 Å². The van der Waals surface area contributed by atoms with Gasteiger partial charge < -0.3 is 4.90 Å². The largest absolute Gasteiger partial charge is 0.334 e. The predicted octanol–water partition coefficient (Wildman–Crippen LogP) is 3.64. The van der Waals surface area contributed by atoms with Crippen LogP contribution in [0.3, 0.4) is 0 Å². The Kier molecular flexibility index (Phi) is 4.73. The fraction of sp³-hybridized carbons (Fsp3) is 0.571. The molecule has 1 amide bonds. The van der Waals surface area contributed by atoms with Crippen LogP contribution in [0.5, 0.6) is 0 Å². The molecule has 1 aromatic heterocycles. The van der Waals surface area contributed by atoms with Gasteiger partial charge in [0.05, 0.1) is 17.8 Å². The predicted molar refractivity (Wildman–Crippen MR) is 89.8 cm³/mol. The van der Waals surface area contributed by atoms with E-state index in [1.165, 1.54) is 4.88 Å². The minimum absolute atomic E-state index is 0.0279. The number of aliphatic imine (C=N–C) groups is 1. The first kappa shape index (κ1) is 14.5. The monoisotopic (exact) mass is 326 g/mol. The fourth-order valence-electron chi connectivity index (χ4n) is 2.63. The molecule has 0 N–H and O–H groups in total. The quantitative estimate of drug-likeness (QED) is 0.850. The Labute approximate surface area is 132 Å². The molecule has 3 heterocycles. The van der Waals surface area contributed by atoms with Gasteiger partial charge in [-0.05, 0) is 31.2 Å². The average molecular weight is 327 g/mol. The molecule has 3 nitrogen and oxygen atoms in total. The number of hydrogen-bond acceptors (Lipinski definition) is 5. The molecule has 20 heavy (non-hydrogen) atoms. The molecule has 0 bridgehead atoms. The number of thioether (sulfide) groups is 2. The first-order valence-corrected chi connectivity index (χ1v) is 9.68. The zero-order valence-electron chi connectivity index (χ0n) is 11.4. The molecular formula is C14H18N2OS3. The van der Waals surface area contributed by atoms with Crippen molar-refractivity contribution in [2.24, 2.45) is 4.99 Å². The Morgan fingerprint density at radius 3 is 3.20 bits per heavy atom. The van der Waals surface area contributed by atoms with Gasteiger partial charge in [-0.2, -0.15) is 0 Å². The second-order valence-corrected chi connectivity index (χ2v) is 8.61. The van der Waals surface area contributed by atoms with Gasteiger partial charge in [0, 0.05) is 17.2 Å². The molecule has 0 saturated carbocycles. The number of carbonyl (C=O) groups excluding carboxylic acids is 1. The van der Waals surface area contributed by atoms with E-state index in [9.17, 15) is 4.79 Å². The Bertz CT molecular complexity index is 501. The third-order valence-corrected chi connectivity index (χ3v) is 6.86. The standard InChI is InChI=1S/C14H18N2OS3/c1-10(20-14-15-6-9-19-14)13(17)16-7-2-4-11(16)12-5-3-8-18-12/h3,5,8,10-11H,2,4,6-7,9H2,1H3. The lowest BCUT2D eigenvalue weighted by Crippen LogP contribution is -2.36. The molecule has 1 saturated heterocycles. The van der Waals surface area contributed by atoms with Crippen molar-refractivity contribution in [3.63, 3.8) is 0 Å². The molecule has 1 fully saturated rings. The zero-order chi connectivity index (χ0) is 13.9. The van der Waals surface area contributed by atoms with Crippen LogP contribution in [0.15, 0.2) is 22.5 Å². The molecule has 2 atom stereocenters. The van der Waals surface area contributed by atoms with Crippen LogP contribution in [0.25, 0.3) is 0 Å². The summed E-state index contributed by atoms with van der Waals surface area (Å²) in [5, 5.41) is 2.07. The van der Waals surface area contributed by atoms with Crippen LogP contribution in [-0.4, -0.2) is 39.3 Å². The molecule has 2 aliphatic rings. The minimum Gasteiger partial charge on any atom is -0.334 e. The first-order chi connectivity index (χ1) is 9.75. The van der Waals surface area contributed by atoms with Gasteiger partial charge in [-0.25, -0.2) is 0 Å².